The molecule has 0 bridgehead atoms. The Kier molecular flexibility index (Phi) is 10.4. The summed E-state index contributed by atoms with van der Waals surface area (Å²) < 4.78 is 108. The summed E-state index contributed by atoms with van der Waals surface area (Å²) in [5, 5.41) is 2.44. The van der Waals surface area contributed by atoms with Crippen LogP contribution in [-0.4, -0.2) is 71.4 Å². The number of halogens is 3. The fourth-order valence-corrected chi connectivity index (χ4v) is 4.81. The van der Waals surface area contributed by atoms with E-state index in [0.717, 1.165) is 12.1 Å². The van der Waals surface area contributed by atoms with Gasteiger partial charge in [0.2, 0.25) is 12.5 Å². The quantitative estimate of drug-likeness (QED) is 0.203. The van der Waals surface area contributed by atoms with Gasteiger partial charge in [-0.05, 0) is 65.3 Å². The summed E-state index contributed by atoms with van der Waals surface area (Å²) in [5.41, 5.74) is -8.31. The predicted molar refractivity (Wildman–Crippen MR) is 155 cm³/mol. The van der Waals surface area contributed by atoms with E-state index in [1.54, 1.807) is 41.5 Å². The molecule has 0 saturated heterocycles. The molecular formula is C29H36F3NO12S. The van der Waals surface area contributed by atoms with Gasteiger partial charge in [-0.2, -0.15) is 21.6 Å². The molecule has 3 rings (SSSR count). The van der Waals surface area contributed by atoms with E-state index in [1.165, 1.54) is 33.5 Å². The van der Waals surface area contributed by atoms with Crippen molar-refractivity contribution in [1.29, 1.82) is 0 Å². The molecule has 13 nitrogen and oxygen atoms in total. The van der Waals surface area contributed by atoms with Crippen molar-refractivity contribution in [3.8, 4) is 34.5 Å². The third-order valence-electron chi connectivity index (χ3n) is 6.04. The van der Waals surface area contributed by atoms with Gasteiger partial charge >= 0.3 is 27.7 Å². The van der Waals surface area contributed by atoms with E-state index in [9.17, 15) is 31.2 Å². The minimum Gasteiger partial charge on any atom is -0.493 e. The van der Waals surface area contributed by atoms with E-state index in [2.05, 4.69) is 9.50 Å². The van der Waals surface area contributed by atoms with Crippen LogP contribution in [0.1, 0.15) is 58.6 Å². The first-order chi connectivity index (χ1) is 21.1. The van der Waals surface area contributed by atoms with Crippen molar-refractivity contribution in [3.63, 3.8) is 0 Å². The molecule has 0 aromatic heterocycles. The van der Waals surface area contributed by atoms with Gasteiger partial charge in [-0.1, -0.05) is 0 Å². The van der Waals surface area contributed by atoms with Gasteiger partial charge in [0.25, 0.3) is 0 Å². The zero-order chi connectivity index (χ0) is 34.8. The van der Waals surface area contributed by atoms with Crippen LogP contribution in [0.3, 0.4) is 0 Å². The first-order valence-electron chi connectivity index (χ1n) is 13.6. The van der Waals surface area contributed by atoms with E-state index in [-0.39, 0.29) is 46.7 Å². The number of amides is 1. The van der Waals surface area contributed by atoms with Crippen LogP contribution in [0.15, 0.2) is 24.3 Å². The van der Waals surface area contributed by atoms with Gasteiger partial charge in [0.15, 0.2) is 28.7 Å². The van der Waals surface area contributed by atoms with Gasteiger partial charge < -0.3 is 42.7 Å². The van der Waals surface area contributed by atoms with Gasteiger partial charge in [0.1, 0.15) is 17.2 Å². The highest BCUT2D eigenvalue weighted by molar-refractivity contribution is 7.88. The Balaban J connectivity index is 2.44. The smallest absolute Gasteiger partial charge is 0.493 e. The van der Waals surface area contributed by atoms with Crippen LogP contribution in [0.5, 0.6) is 34.5 Å². The molecule has 1 heterocycles. The number of benzene rings is 2. The van der Waals surface area contributed by atoms with Crippen LogP contribution in [0, 0.1) is 0 Å². The fourth-order valence-electron chi connectivity index (χ4n) is 4.33. The van der Waals surface area contributed by atoms with E-state index in [4.69, 9.17) is 33.2 Å². The standard InChI is InChI=1S/C29H36F3NO12S/c1-27(2,3)43-25(34)23(33-26(35)44-28(4,5)6)22(15-10-20(38-7)24(40-9)21(11-15)39-8)16-12-18-19(42-14-41-18)13-17(16)45-46(36,37)29(30,31)32/h10-13,22-23H,14H2,1-9H3,(H,33,35)/t22-,23+/m1/s1. The Hall–Kier alpha value is -4.28. The van der Waals surface area contributed by atoms with Gasteiger partial charge in [0, 0.05) is 17.5 Å². The first-order valence-corrected chi connectivity index (χ1v) is 15.0. The molecule has 0 spiro atoms. The number of carbonyl (C=O) groups excluding carboxylic acids is 2. The average molecular weight is 680 g/mol. The molecule has 0 fully saturated rings. The fraction of sp³-hybridized carbons (Fsp3) is 0.517. The SMILES string of the molecule is COc1cc([C@H](c2cc3c(cc2OS(=O)(=O)C(F)(F)F)OCO3)[C@H](NC(=O)OC(C)(C)C)C(=O)OC(C)(C)C)cc(OC)c1OC. The number of nitrogens with one attached hydrogen (secondary N) is 1. The molecule has 2 atom stereocenters. The number of fused-ring (bicyclic) bond motifs is 1. The second-order valence-corrected chi connectivity index (χ2v) is 13.4. The molecule has 1 aliphatic heterocycles. The minimum absolute atomic E-state index is 0.0237. The van der Waals surface area contributed by atoms with Gasteiger partial charge in [0.05, 0.1) is 21.3 Å². The van der Waals surface area contributed by atoms with Crippen LogP contribution in [0.2, 0.25) is 0 Å². The Bertz CT molecular complexity index is 1540. The van der Waals surface area contributed by atoms with Crippen molar-refractivity contribution in [2.75, 3.05) is 28.1 Å². The van der Waals surface area contributed by atoms with E-state index >= 15 is 0 Å². The van der Waals surface area contributed by atoms with Crippen LogP contribution >= 0.6 is 0 Å². The van der Waals surface area contributed by atoms with Gasteiger partial charge in [-0.25, -0.2) is 9.59 Å². The van der Waals surface area contributed by atoms with Crippen molar-refractivity contribution in [2.24, 2.45) is 0 Å². The third kappa shape index (κ3) is 8.50. The summed E-state index contributed by atoms with van der Waals surface area (Å²) in [6, 6.07) is 2.91. The number of methoxy groups -OCH3 is 3. The number of alkyl halides is 3. The number of hydrogen-bond donors (Lipinski definition) is 1. The lowest BCUT2D eigenvalue weighted by Crippen LogP contribution is -2.49. The molecule has 0 saturated carbocycles. The van der Waals surface area contributed by atoms with Crippen molar-refractivity contribution >= 4 is 22.2 Å². The Morgan fingerprint density at radius 2 is 1.33 bits per heavy atom. The van der Waals surface area contributed by atoms with Crippen molar-refractivity contribution < 1.29 is 68.5 Å². The zero-order valence-corrected chi connectivity index (χ0v) is 27.4. The average Bonchev–Trinajstić information content (AvgIpc) is 3.36. The van der Waals surface area contributed by atoms with E-state index in [0.29, 0.717) is 0 Å². The molecule has 0 unspecified atom stereocenters. The Morgan fingerprint density at radius 1 is 0.804 bits per heavy atom. The lowest BCUT2D eigenvalue weighted by molar-refractivity contribution is -0.157. The second-order valence-electron chi connectivity index (χ2n) is 11.8. The molecule has 46 heavy (non-hydrogen) atoms. The number of ether oxygens (including phenoxy) is 7. The lowest BCUT2D eigenvalue weighted by Gasteiger charge is -2.32. The third-order valence-corrected chi connectivity index (χ3v) is 7.00. The molecule has 2 aromatic rings. The highest BCUT2D eigenvalue weighted by Gasteiger charge is 2.50. The Labute approximate surface area is 264 Å². The number of hydrogen-bond acceptors (Lipinski definition) is 12. The highest BCUT2D eigenvalue weighted by atomic mass is 32.2. The van der Waals surface area contributed by atoms with Crippen molar-refractivity contribution in [3.05, 3.63) is 35.4 Å². The van der Waals surface area contributed by atoms with Crippen molar-refractivity contribution in [2.45, 2.75) is 70.2 Å². The van der Waals surface area contributed by atoms with E-state index < -0.39 is 56.6 Å². The molecule has 256 valence electrons. The number of alkyl carbamates (subject to hydrolysis) is 1. The summed E-state index contributed by atoms with van der Waals surface area (Å²) in [6.07, 6.45) is -1.10. The molecule has 1 N–H and O–H groups in total. The number of carbonyl (C=O) groups is 2. The normalized spacial score (nSPS) is 14.5. The zero-order valence-electron chi connectivity index (χ0n) is 26.6. The second kappa shape index (κ2) is 13.2. The van der Waals surface area contributed by atoms with E-state index in [1.807, 2.05) is 0 Å². The molecule has 17 heteroatoms. The molecule has 1 aliphatic rings. The summed E-state index contributed by atoms with van der Waals surface area (Å²) in [4.78, 5) is 27.0. The molecular weight excluding hydrogens is 643 g/mol. The summed E-state index contributed by atoms with van der Waals surface area (Å²) in [5.74, 6) is -3.49. The van der Waals surface area contributed by atoms with Crippen LogP contribution in [0.4, 0.5) is 18.0 Å². The minimum atomic E-state index is -6.26. The highest BCUT2D eigenvalue weighted by Crippen LogP contribution is 2.48. The van der Waals surface area contributed by atoms with Gasteiger partial charge in [-0.3, -0.25) is 0 Å². The van der Waals surface area contributed by atoms with Crippen molar-refractivity contribution in [1.82, 2.24) is 5.32 Å². The summed E-state index contributed by atoms with van der Waals surface area (Å²) in [7, 11) is -2.33. The van der Waals surface area contributed by atoms with Crippen LogP contribution in [-0.2, 0) is 24.4 Å². The molecule has 0 radical (unpaired) electrons. The predicted octanol–water partition coefficient (Wildman–Crippen LogP) is 5.04. The maximum absolute atomic E-state index is 13.9. The summed E-state index contributed by atoms with van der Waals surface area (Å²) in [6.45, 7) is 9.00. The number of rotatable bonds is 10. The molecule has 2 aromatic carbocycles. The van der Waals surface area contributed by atoms with Gasteiger partial charge in [-0.15, -0.1) is 0 Å². The Morgan fingerprint density at radius 3 is 1.78 bits per heavy atom. The first kappa shape index (κ1) is 36.2. The lowest BCUT2D eigenvalue weighted by atomic mass is 9.83. The monoisotopic (exact) mass is 679 g/mol. The topological polar surface area (TPSA) is 154 Å². The maximum Gasteiger partial charge on any atom is 0.534 e. The maximum atomic E-state index is 13.9. The largest absolute Gasteiger partial charge is 0.534 e. The molecule has 0 aliphatic carbocycles. The molecule has 1 amide bonds. The summed E-state index contributed by atoms with van der Waals surface area (Å²) >= 11 is 0. The number of esters is 1. The van der Waals surface area contributed by atoms with Crippen LogP contribution < -0.4 is 33.2 Å². The van der Waals surface area contributed by atoms with Crippen LogP contribution in [0.25, 0.3) is 0 Å².